The molecule has 0 aliphatic carbocycles. The molecule has 0 saturated carbocycles. The molecule has 0 aliphatic heterocycles. The summed E-state index contributed by atoms with van der Waals surface area (Å²) < 4.78 is 59.2. The van der Waals surface area contributed by atoms with Crippen molar-refractivity contribution in [1.82, 2.24) is 0 Å². The van der Waals surface area contributed by atoms with Crippen LogP contribution in [0.2, 0.25) is 0 Å². The zero-order chi connectivity index (χ0) is 19.7. The van der Waals surface area contributed by atoms with E-state index in [1.54, 1.807) is 0 Å². The molecule has 0 amide bonds. The van der Waals surface area contributed by atoms with E-state index in [0.29, 0.717) is 0 Å². The fraction of sp³-hybridized carbons (Fsp3) is 0.294. The number of hydrogen-bond acceptors (Lipinski definition) is 0. The first-order valence-corrected chi connectivity index (χ1v) is 10.0. The molecule has 0 radical (unpaired) electrons. The third kappa shape index (κ3) is 7.28. The van der Waals surface area contributed by atoms with Gasteiger partial charge in [0.1, 0.15) is 0 Å². The Hall–Kier alpha value is -1.20. The molecule has 0 N–H and O–H groups in total. The summed E-state index contributed by atoms with van der Waals surface area (Å²) in [6.45, 7) is 8.88. The van der Waals surface area contributed by atoms with Gasteiger partial charge in [-0.3, -0.25) is 0 Å². The average molecular weight is 402 g/mol. The standard InChI is InChI=1S/C17H20S.F6P/c1-5-15-12(3)11(2)13(4)16(17(15)18)14-9-7-6-8-10-14;1-7(2,3,4,5)6/h6-10,18H,5H2,1-4H3;/q;-1/p+1. The zero-order valence-corrected chi connectivity index (χ0v) is 16.2. The summed E-state index contributed by atoms with van der Waals surface area (Å²) >= 11 is 3.87. The van der Waals surface area contributed by atoms with Crippen molar-refractivity contribution in [2.45, 2.75) is 39.0 Å². The number of benzene rings is 2. The maximum atomic E-state index is 9.87. The Morgan fingerprint density at radius 3 is 1.64 bits per heavy atom. The van der Waals surface area contributed by atoms with Gasteiger partial charge >= 0.3 is 33.0 Å². The van der Waals surface area contributed by atoms with Gasteiger partial charge in [-0.15, -0.1) is 0 Å². The third-order valence-corrected chi connectivity index (χ3v) is 4.47. The summed E-state index contributed by atoms with van der Waals surface area (Å²) in [5, 5.41) is 0. The fourth-order valence-electron chi connectivity index (χ4n) is 2.63. The van der Waals surface area contributed by atoms with Crippen LogP contribution < -0.4 is 0 Å². The van der Waals surface area contributed by atoms with E-state index >= 15 is 0 Å². The van der Waals surface area contributed by atoms with Crippen LogP contribution in [0.15, 0.2) is 35.2 Å². The molecular formula is C17H21F6PS. The Kier molecular flexibility index (Phi) is 5.69. The van der Waals surface area contributed by atoms with Crippen molar-refractivity contribution in [3.05, 3.63) is 52.6 Å². The molecule has 0 bridgehead atoms. The normalized spacial score (nSPS) is 14.2. The van der Waals surface area contributed by atoms with E-state index in [1.165, 1.54) is 38.3 Å². The molecule has 0 aliphatic rings. The van der Waals surface area contributed by atoms with Crippen LogP contribution in [0.5, 0.6) is 0 Å². The number of halogens is 6. The Labute approximate surface area is 148 Å². The molecule has 0 heterocycles. The fourth-order valence-corrected chi connectivity index (χ4v) is 3.32. The molecule has 0 aromatic heterocycles. The van der Waals surface area contributed by atoms with Crippen LogP contribution in [0.25, 0.3) is 11.1 Å². The van der Waals surface area contributed by atoms with Gasteiger partial charge in [0, 0.05) is 11.1 Å². The maximum absolute atomic E-state index is 10.7. The van der Waals surface area contributed by atoms with E-state index in [2.05, 4.69) is 70.7 Å². The Morgan fingerprint density at radius 1 is 0.800 bits per heavy atom. The van der Waals surface area contributed by atoms with E-state index in [1.807, 2.05) is 0 Å². The molecule has 2 aromatic carbocycles. The van der Waals surface area contributed by atoms with Crippen molar-refractivity contribution >= 4 is 20.4 Å². The van der Waals surface area contributed by atoms with E-state index < -0.39 is 7.81 Å². The molecule has 142 valence electrons. The van der Waals surface area contributed by atoms with Gasteiger partial charge in [-0.25, -0.2) is 0 Å². The van der Waals surface area contributed by atoms with Crippen LogP contribution in [-0.4, -0.2) is 0 Å². The van der Waals surface area contributed by atoms with Gasteiger partial charge in [-0.2, -0.15) is 0 Å². The van der Waals surface area contributed by atoms with Gasteiger partial charge in [0.25, 0.3) is 0 Å². The first-order chi connectivity index (χ1) is 11.0. The van der Waals surface area contributed by atoms with E-state index in [0.717, 1.165) is 6.42 Å². The van der Waals surface area contributed by atoms with Crippen LogP contribution in [0.4, 0.5) is 25.2 Å². The van der Waals surface area contributed by atoms with E-state index in [-0.39, 0.29) is 0 Å². The van der Waals surface area contributed by atoms with Crippen molar-refractivity contribution in [3.63, 3.8) is 0 Å². The molecule has 0 fully saturated rings. The Bertz CT molecular complexity index is 756. The molecule has 0 spiro atoms. The van der Waals surface area contributed by atoms with Gasteiger partial charge in [0.2, 0.25) is 0 Å². The molecule has 2 rings (SSSR count). The van der Waals surface area contributed by atoms with Crippen molar-refractivity contribution < 1.29 is 25.2 Å². The topological polar surface area (TPSA) is 0 Å². The summed E-state index contributed by atoms with van der Waals surface area (Å²) in [4.78, 5) is 1.25. The molecular weight excluding hydrogens is 381 g/mol. The van der Waals surface area contributed by atoms with Crippen LogP contribution >= 0.6 is 7.81 Å². The minimum absolute atomic E-state index is 1.06. The van der Waals surface area contributed by atoms with Crippen molar-refractivity contribution in [3.8, 4) is 11.1 Å². The predicted molar refractivity (Wildman–Crippen MR) is 97.5 cm³/mol. The summed E-state index contributed by atoms with van der Waals surface area (Å²) in [6, 6.07) is 10.6. The first-order valence-electron chi connectivity index (χ1n) is 7.49. The second-order valence-corrected chi connectivity index (χ2v) is 8.20. The van der Waals surface area contributed by atoms with Crippen LogP contribution in [-0.2, 0) is 19.0 Å². The summed E-state index contributed by atoms with van der Waals surface area (Å²) in [5.74, 6) is 0. The van der Waals surface area contributed by atoms with E-state index in [4.69, 9.17) is 0 Å². The SMILES string of the molecule is CCc1c(C)c(C)c(C)c(-c2ccccc2)c1[SH2+].F[P-](F)(F)(F)(F)F. The van der Waals surface area contributed by atoms with Gasteiger partial charge in [0.05, 0.1) is 0 Å². The molecule has 0 atom stereocenters. The number of rotatable bonds is 2. The monoisotopic (exact) mass is 402 g/mol. The van der Waals surface area contributed by atoms with Gasteiger partial charge < -0.3 is 0 Å². The molecule has 25 heavy (non-hydrogen) atoms. The first kappa shape index (κ1) is 21.8. The zero-order valence-electron chi connectivity index (χ0n) is 14.3. The molecule has 2 aromatic rings. The van der Waals surface area contributed by atoms with Crippen molar-refractivity contribution in [2.75, 3.05) is 0 Å². The summed E-state index contributed by atoms with van der Waals surface area (Å²) in [6.07, 6.45) is 1.06. The third-order valence-electron chi connectivity index (χ3n) is 3.92. The summed E-state index contributed by atoms with van der Waals surface area (Å²) in [7, 11) is -10.7. The van der Waals surface area contributed by atoms with Crippen LogP contribution in [0.3, 0.4) is 0 Å². The van der Waals surface area contributed by atoms with Gasteiger partial charge in [-0.05, 0) is 62.1 Å². The summed E-state index contributed by atoms with van der Waals surface area (Å²) in [5.41, 5.74) is 8.26. The quantitative estimate of drug-likeness (QED) is 0.276. The molecule has 0 saturated heterocycles. The van der Waals surface area contributed by atoms with Crippen molar-refractivity contribution in [2.24, 2.45) is 0 Å². The number of hydrogen-bond donors (Lipinski definition) is 0. The second kappa shape index (κ2) is 6.51. The average Bonchev–Trinajstić information content (AvgIpc) is 2.44. The van der Waals surface area contributed by atoms with Gasteiger partial charge in [-0.1, -0.05) is 37.3 Å². The Balaban J connectivity index is 0.000000381. The molecule has 0 unspecified atom stereocenters. The van der Waals surface area contributed by atoms with Gasteiger partial charge in [0.15, 0.2) is 4.90 Å². The minimum atomic E-state index is -10.7. The Morgan fingerprint density at radius 2 is 1.24 bits per heavy atom. The molecule has 8 heteroatoms. The predicted octanol–water partition coefficient (Wildman–Crippen LogP) is 7.59. The van der Waals surface area contributed by atoms with E-state index in [9.17, 15) is 25.2 Å². The van der Waals surface area contributed by atoms with Crippen LogP contribution in [0.1, 0.15) is 29.2 Å². The van der Waals surface area contributed by atoms with Crippen molar-refractivity contribution in [1.29, 1.82) is 0 Å². The van der Waals surface area contributed by atoms with Crippen LogP contribution in [0, 0.1) is 20.8 Å². The molecule has 0 nitrogen and oxygen atoms in total. The second-order valence-electron chi connectivity index (χ2n) is 5.78.